The van der Waals surface area contributed by atoms with Gasteiger partial charge in [-0.15, -0.1) is 0 Å². The third kappa shape index (κ3) is 3.09. The topological polar surface area (TPSA) is 50.7 Å². The number of rotatable bonds is 1. The molecule has 0 atom stereocenters. The molecule has 25 heavy (non-hydrogen) atoms. The Kier molecular flexibility index (Phi) is 4.24. The Morgan fingerprint density at radius 3 is 2.24 bits per heavy atom. The molecule has 2 aromatic rings. The van der Waals surface area contributed by atoms with Gasteiger partial charge in [-0.25, -0.2) is 13.8 Å². The molecule has 1 heterocycles. The van der Waals surface area contributed by atoms with Crippen molar-refractivity contribution in [3.8, 4) is 0 Å². The second-order valence-electron chi connectivity index (χ2n) is 5.18. The fourth-order valence-corrected chi connectivity index (χ4v) is 2.82. The molecule has 130 valence electrons. The van der Waals surface area contributed by atoms with Crippen LogP contribution in [0.4, 0.5) is 27.6 Å². The first kappa shape index (κ1) is 17.3. The van der Waals surface area contributed by atoms with Crippen molar-refractivity contribution in [1.82, 2.24) is 0 Å². The molecule has 0 aliphatic carbocycles. The maximum atomic E-state index is 14.2. The number of aliphatic imine (C=N–C) groups is 2. The molecule has 3 rings (SSSR count). The lowest BCUT2D eigenvalue weighted by molar-refractivity contribution is -0.137. The van der Waals surface area contributed by atoms with Crippen molar-refractivity contribution in [2.75, 3.05) is 6.54 Å². The molecule has 0 fully saturated rings. The second-order valence-corrected chi connectivity index (χ2v) is 5.56. The van der Waals surface area contributed by atoms with E-state index in [1.807, 2.05) is 0 Å². The van der Waals surface area contributed by atoms with Crippen molar-refractivity contribution in [3.05, 3.63) is 63.7 Å². The van der Waals surface area contributed by atoms with Crippen LogP contribution in [-0.2, 0) is 6.18 Å². The van der Waals surface area contributed by atoms with Crippen molar-refractivity contribution in [2.24, 2.45) is 15.7 Å². The van der Waals surface area contributed by atoms with Gasteiger partial charge in [-0.3, -0.25) is 4.99 Å². The summed E-state index contributed by atoms with van der Waals surface area (Å²) in [5.41, 5.74) is 3.15. The molecule has 0 saturated carbocycles. The van der Waals surface area contributed by atoms with E-state index in [1.165, 1.54) is 0 Å². The fraction of sp³-hybridized carbons (Fsp3) is 0.125. The van der Waals surface area contributed by atoms with Crippen molar-refractivity contribution in [1.29, 1.82) is 0 Å². The SMILES string of the molecule is NC1=Nc2ccc(C(F)(F)F)c(Cl)c2C(c2c(F)cccc2F)=NC1. The molecule has 0 bridgehead atoms. The van der Waals surface area contributed by atoms with Gasteiger partial charge in [0.15, 0.2) is 0 Å². The van der Waals surface area contributed by atoms with E-state index >= 15 is 0 Å². The van der Waals surface area contributed by atoms with Gasteiger partial charge in [0.05, 0.1) is 34.1 Å². The fourth-order valence-electron chi connectivity index (χ4n) is 2.46. The zero-order valence-electron chi connectivity index (χ0n) is 12.3. The first-order valence-electron chi connectivity index (χ1n) is 6.92. The van der Waals surface area contributed by atoms with E-state index in [4.69, 9.17) is 17.3 Å². The van der Waals surface area contributed by atoms with E-state index in [0.717, 1.165) is 30.3 Å². The Bertz CT molecular complexity index is 898. The molecule has 3 nitrogen and oxygen atoms in total. The number of alkyl halides is 3. The smallest absolute Gasteiger partial charge is 0.386 e. The third-order valence-electron chi connectivity index (χ3n) is 3.52. The van der Waals surface area contributed by atoms with Crippen LogP contribution in [0.5, 0.6) is 0 Å². The summed E-state index contributed by atoms with van der Waals surface area (Å²) < 4.78 is 67.8. The standard InChI is InChI=1S/C16H9ClF5N3/c17-14-7(16(20,21)22)4-5-10-13(14)15(24-6-11(23)25-10)12-8(18)2-1-3-9(12)19/h1-5H,6H2,(H2,23,25). The van der Waals surface area contributed by atoms with E-state index in [9.17, 15) is 22.0 Å². The minimum absolute atomic E-state index is 0.0242. The first-order chi connectivity index (χ1) is 11.7. The Labute approximate surface area is 143 Å². The molecule has 2 aromatic carbocycles. The van der Waals surface area contributed by atoms with Crippen LogP contribution in [0.25, 0.3) is 0 Å². The van der Waals surface area contributed by atoms with Crippen molar-refractivity contribution < 1.29 is 22.0 Å². The van der Waals surface area contributed by atoms with Gasteiger partial charge in [-0.1, -0.05) is 17.7 Å². The highest BCUT2D eigenvalue weighted by molar-refractivity contribution is 6.37. The largest absolute Gasteiger partial charge is 0.417 e. The van der Waals surface area contributed by atoms with Crippen LogP contribution in [0.3, 0.4) is 0 Å². The van der Waals surface area contributed by atoms with Gasteiger partial charge in [-0.2, -0.15) is 13.2 Å². The normalized spacial score (nSPS) is 14.5. The van der Waals surface area contributed by atoms with Crippen molar-refractivity contribution in [3.63, 3.8) is 0 Å². The maximum Gasteiger partial charge on any atom is 0.417 e. The van der Waals surface area contributed by atoms with E-state index < -0.39 is 34.0 Å². The minimum Gasteiger partial charge on any atom is -0.386 e. The number of nitrogens with zero attached hydrogens (tertiary/aromatic N) is 2. The van der Waals surface area contributed by atoms with Gasteiger partial charge in [-0.05, 0) is 24.3 Å². The number of amidine groups is 1. The van der Waals surface area contributed by atoms with Crippen LogP contribution < -0.4 is 5.73 Å². The molecular weight excluding hydrogens is 365 g/mol. The lowest BCUT2D eigenvalue weighted by Gasteiger charge is -2.16. The van der Waals surface area contributed by atoms with E-state index in [1.54, 1.807) is 0 Å². The lowest BCUT2D eigenvalue weighted by Crippen LogP contribution is -2.16. The van der Waals surface area contributed by atoms with Crippen molar-refractivity contribution in [2.45, 2.75) is 6.18 Å². The number of nitrogens with two attached hydrogens (primary N) is 1. The highest BCUT2D eigenvalue weighted by atomic mass is 35.5. The summed E-state index contributed by atoms with van der Waals surface area (Å²) in [5, 5.41) is -0.746. The van der Waals surface area contributed by atoms with Gasteiger partial charge in [0.25, 0.3) is 0 Å². The maximum absolute atomic E-state index is 14.2. The summed E-state index contributed by atoms with van der Waals surface area (Å²) in [7, 11) is 0. The van der Waals surface area contributed by atoms with Crippen LogP contribution >= 0.6 is 11.6 Å². The van der Waals surface area contributed by atoms with Gasteiger partial charge in [0.2, 0.25) is 0 Å². The number of hydrogen-bond donors (Lipinski definition) is 1. The Hall–Kier alpha value is -2.48. The monoisotopic (exact) mass is 373 g/mol. The van der Waals surface area contributed by atoms with Crippen LogP contribution in [0.2, 0.25) is 5.02 Å². The van der Waals surface area contributed by atoms with E-state index in [2.05, 4.69) is 9.98 Å². The molecule has 1 aliphatic heterocycles. The number of halogens is 6. The highest BCUT2D eigenvalue weighted by Gasteiger charge is 2.36. The van der Waals surface area contributed by atoms with Gasteiger partial charge < -0.3 is 5.73 Å². The number of fused-ring (bicyclic) bond motifs is 1. The Morgan fingerprint density at radius 2 is 1.64 bits per heavy atom. The van der Waals surface area contributed by atoms with E-state index in [-0.39, 0.29) is 29.3 Å². The third-order valence-corrected chi connectivity index (χ3v) is 3.92. The first-order valence-corrected chi connectivity index (χ1v) is 7.30. The summed E-state index contributed by atoms with van der Waals surface area (Å²) in [6.07, 6.45) is -4.76. The second kappa shape index (κ2) is 6.11. The minimum atomic E-state index is -4.76. The zero-order valence-corrected chi connectivity index (χ0v) is 13.1. The Balaban J connectivity index is 2.36. The molecule has 0 spiro atoms. The van der Waals surface area contributed by atoms with Gasteiger partial charge in [0.1, 0.15) is 17.5 Å². The summed E-state index contributed by atoms with van der Waals surface area (Å²) in [6.45, 7) is -0.241. The summed E-state index contributed by atoms with van der Waals surface area (Å²) in [6, 6.07) is 4.84. The van der Waals surface area contributed by atoms with E-state index in [0.29, 0.717) is 0 Å². The predicted octanol–water partition coefficient (Wildman–Crippen LogP) is 4.48. The molecular formula is C16H9ClF5N3. The molecule has 2 N–H and O–H groups in total. The Morgan fingerprint density at radius 1 is 1.00 bits per heavy atom. The molecule has 0 unspecified atom stereocenters. The molecule has 0 amide bonds. The summed E-state index contributed by atoms with van der Waals surface area (Å²) in [5.74, 6) is -2.00. The quantitative estimate of drug-likeness (QED) is 0.736. The average Bonchev–Trinajstić information content (AvgIpc) is 2.66. The van der Waals surface area contributed by atoms with Crippen LogP contribution in [0, 0.1) is 11.6 Å². The summed E-state index contributed by atoms with van der Waals surface area (Å²) >= 11 is 5.93. The number of hydrogen-bond acceptors (Lipinski definition) is 3. The molecule has 1 aliphatic rings. The van der Waals surface area contributed by atoms with Crippen molar-refractivity contribution >= 4 is 28.8 Å². The predicted molar refractivity (Wildman–Crippen MR) is 84.6 cm³/mol. The van der Waals surface area contributed by atoms with Gasteiger partial charge in [0, 0.05) is 5.56 Å². The lowest BCUT2D eigenvalue weighted by atomic mass is 9.97. The molecule has 9 heteroatoms. The van der Waals surface area contributed by atoms with Crippen LogP contribution in [0.1, 0.15) is 16.7 Å². The zero-order chi connectivity index (χ0) is 18.4. The number of benzene rings is 2. The summed E-state index contributed by atoms with van der Waals surface area (Å²) in [4.78, 5) is 7.89. The van der Waals surface area contributed by atoms with Crippen LogP contribution in [-0.4, -0.2) is 18.1 Å². The molecule has 0 saturated heterocycles. The average molecular weight is 374 g/mol. The van der Waals surface area contributed by atoms with Gasteiger partial charge >= 0.3 is 6.18 Å². The highest BCUT2D eigenvalue weighted by Crippen LogP contribution is 2.41. The molecule has 0 radical (unpaired) electrons. The van der Waals surface area contributed by atoms with Crippen LogP contribution in [0.15, 0.2) is 40.3 Å². The molecule has 0 aromatic heterocycles.